The molecule has 2 aliphatic heterocycles. The monoisotopic (exact) mass is 354 g/mol. The minimum atomic E-state index is 0. The number of hydrogen-bond donors (Lipinski definition) is 2. The standard InChI is InChI=1S/C16H26N6O.ClH/c23-15(14-4-1-5-17-14)18-8-3-9-21-10-12-22(13-11-21)16-19-6-2-7-20-16;/h2,6-7,14,17H,1,3-5,8-13H2,(H,18,23);1H. The fraction of sp³-hybridized carbons (Fsp3) is 0.688. The van der Waals surface area contributed by atoms with Crippen LogP contribution in [0.1, 0.15) is 19.3 Å². The van der Waals surface area contributed by atoms with Crippen LogP contribution in [-0.4, -0.2) is 72.6 Å². The molecule has 7 nitrogen and oxygen atoms in total. The van der Waals surface area contributed by atoms with Gasteiger partial charge in [0, 0.05) is 45.1 Å². The number of halogens is 1. The van der Waals surface area contributed by atoms with Crippen molar-refractivity contribution in [3.8, 4) is 0 Å². The number of nitrogens with one attached hydrogen (secondary N) is 2. The van der Waals surface area contributed by atoms with Gasteiger partial charge in [-0.2, -0.15) is 0 Å². The summed E-state index contributed by atoms with van der Waals surface area (Å²) in [6.45, 7) is 6.73. The largest absolute Gasteiger partial charge is 0.355 e. The zero-order valence-corrected chi connectivity index (χ0v) is 14.8. The lowest BCUT2D eigenvalue weighted by Gasteiger charge is -2.34. The Morgan fingerprint density at radius 1 is 1.25 bits per heavy atom. The zero-order valence-electron chi connectivity index (χ0n) is 14.0. The molecule has 2 aliphatic rings. The van der Waals surface area contributed by atoms with Crippen LogP contribution in [0.4, 0.5) is 5.95 Å². The molecule has 0 saturated carbocycles. The van der Waals surface area contributed by atoms with Crippen molar-refractivity contribution in [1.82, 2.24) is 25.5 Å². The Kier molecular flexibility index (Phi) is 7.68. The SMILES string of the molecule is Cl.O=C(NCCCN1CCN(c2ncccn2)CC1)C1CCCN1. The van der Waals surface area contributed by atoms with E-state index in [1.165, 1.54) is 0 Å². The molecule has 0 bridgehead atoms. The molecule has 1 atom stereocenters. The van der Waals surface area contributed by atoms with Crippen LogP contribution in [0.3, 0.4) is 0 Å². The third-order valence-corrected chi connectivity index (χ3v) is 4.53. The van der Waals surface area contributed by atoms with Crippen molar-refractivity contribution >= 4 is 24.3 Å². The summed E-state index contributed by atoms with van der Waals surface area (Å²) < 4.78 is 0. The zero-order chi connectivity index (χ0) is 15.9. The predicted molar refractivity (Wildman–Crippen MR) is 96.6 cm³/mol. The Balaban J connectivity index is 0.00000208. The van der Waals surface area contributed by atoms with Crippen LogP contribution in [0, 0.1) is 0 Å². The van der Waals surface area contributed by atoms with Crippen molar-refractivity contribution in [1.29, 1.82) is 0 Å². The Morgan fingerprint density at radius 3 is 2.67 bits per heavy atom. The second kappa shape index (κ2) is 9.76. The van der Waals surface area contributed by atoms with Crippen LogP contribution in [0.25, 0.3) is 0 Å². The van der Waals surface area contributed by atoms with E-state index in [0.29, 0.717) is 0 Å². The number of nitrogens with zero attached hydrogens (tertiary/aromatic N) is 4. The highest BCUT2D eigenvalue weighted by atomic mass is 35.5. The number of piperazine rings is 1. The number of rotatable bonds is 6. The average molecular weight is 355 g/mol. The van der Waals surface area contributed by atoms with Crippen molar-refractivity contribution in [3.05, 3.63) is 18.5 Å². The number of amides is 1. The van der Waals surface area contributed by atoms with Crippen LogP contribution < -0.4 is 15.5 Å². The number of hydrogen-bond acceptors (Lipinski definition) is 6. The summed E-state index contributed by atoms with van der Waals surface area (Å²) in [6, 6.07) is 1.87. The molecule has 3 heterocycles. The average Bonchev–Trinajstić information content (AvgIpc) is 3.15. The third kappa shape index (κ3) is 5.29. The van der Waals surface area contributed by atoms with E-state index in [1.54, 1.807) is 12.4 Å². The van der Waals surface area contributed by atoms with Gasteiger partial charge in [-0.25, -0.2) is 9.97 Å². The first kappa shape index (κ1) is 18.9. The van der Waals surface area contributed by atoms with E-state index < -0.39 is 0 Å². The maximum absolute atomic E-state index is 11.9. The molecule has 0 spiro atoms. The lowest BCUT2D eigenvalue weighted by atomic mass is 10.2. The van der Waals surface area contributed by atoms with E-state index in [-0.39, 0.29) is 24.4 Å². The summed E-state index contributed by atoms with van der Waals surface area (Å²) in [5.41, 5.74) is 0. The number of anilines is 1. The molecule has 2 saturated heterocycles. The summed E-state index contributed by atoms with van der Waals surface area (Å²) in [5.74, 6) is 0.983. The first-order valence-electron chi connectivity index (χ1n) is 8.58. The topological polar surface area (TPSA) is 73.4 Å². The molecule has 8 heteroatoms. The predicted octanol–water partition coefficient (Wildman–Crippen LogP) is 0.279. The van der Waals surface area contributed by atoms with Gasteiger partial charge in [-0.05, 0) is 38.4 Å². The van der Waals surface area contributed by atoms with Gasteiger partial charge in [0.1, 0.15) is 0 Å². The van der Waals surface area contributed by atoms with Crippen molar-refractivity contribution in [2.75, 3.05) is 50.7 Å². The molecule has 0 aliphatic carbocycles. The Bertz CT molecular complexity index is 489. The maximum Gasteiger partial charge on any atom is 0.237 e. The Hall–Kier alpha value is -1.44. The van der Waals surface area contributed by atoms with Crippen LogP contribution in [0.5, 0.6) is 0 Å². The lowest BCUT2D eigenvalue weighted by Crippen LogP contribution is -2.47. The maximum atomic E-state index is 11.9. The van der Waals surface area contributed by atoms with Crippen LogP contribution in [-0.2, 0) is 4.79 Å². The van der Waals surface area contributed by atoms with Crippen molar-refractivity contribution in [2.45, 2.75) is 25.3 Å². The van der Waals surface area contributed by atoms with Gasteiger partial charge >= 0.3 is 0 Å². The van der Waals surface area contributed by atoms with Crippen molar-refractivity contribution < 1.29 is 4.79 Å². The van der Waals surface area contributed by atoms with E-state index in [2.05, 4.69) is 30.4 Å². The van der Waals surface area contributed by atoms with Crippen LogP contribution in [0.15, 0.2) is 18.5 Å². The smallest absolute Gasteiger partial charge is 0.237 e. The summed E-state index contributed by atoms with van der Waals surface area (Å²) in [7, 11) is 0. The minimum absolute atomic E-state index is 0. The molecular weight excluding hydrogens is 328 g/mol. The minimum Gasteiger partial charge on any atom is -0.355 e. The first-order valence-corrected chi connectivity index (χ1v) is 8.58. The molecule has 2 fully saturated rings. The molecule has 3 rings (SSSR count). The number of aromatic nitrogens is 2. The van der Waals surface area contributed by atoms with Gasteiger partial charge in [0.05, 0.1) is 6.04 Å². The van der Waals surface area contributed by atoms with E-state index in [9.17, 15) is 4.79 Å². The van der Waals surface area contributed by atoms with E-state index >= 15 is 0 Å². The molecule has 2 N–H and O–H groups in total. The van der Waals surface area contributed by atoms with E-state index in [1.807, 2.05) is 6.07 Å². The Labute approximate surface area is 149 Å². The van der Waals surface area contributed by atoms with Gasteiger partial charge in [-0.3, -0.25) is 9.69 Å². The molecule has 1 aromatic rings. The van der Waals surface area contributed by atoms with Gasteiger partial charge in [0.15, 0.2) is 0 Å². The summed E-state index contributed by atoms with van der Waals surface area (Å²) in [4.78, 5) is 25.2. The highest BCUT2D eigenvalue weighted by Gasteiger charge is 2.21. The third-order valence-electron chi connectivity index (χ3n) is 4.53. The second-order valence-corrected chi connectivity index (χ2v) is 6.17. The Morgan fingerprint density at radius 2 is 2.00 bits per heavy atom. The molecule has 24 heavy (non-hydrogen) atoms. The summed E-state index contributed by atoms with van der Waals surface area (Å²) in [6.07, 6.45) is 6.65. The van der Waals surface area contributed by atoms with Gasteiger partial charge < -0.3 is 15.5 Å². The fourth-order valence-electron chi connectivity index (χ4n) is 3.17. The highest BCUT2D eigenvalue weighted by Crippen LogP contribution is 2.09. The van der Waals surface area contributed by atoms with E-state index in [0.717, 1.165) is 71.0 Å². The molecule has 1 unspecified atom stereocenters. The normalized spacial score (nSPS) is 21.3. The second-order valence-electron chi connectivity index (χ2n) is 6.17. The van der Waals surface area contributed by atoms with Crippen molar-refractivity contribution in [3.63, 3.8) is 0 Å². The van der Waals surface area contributed by atoms with Crippen LogP contribution in [0.2, 0.25) is 0 Å². The highest BCUT2D eigenvalue weighted by molar-refractivity contribution is 5.85. The molecule has 0 aromatic carbocycles. The molecule has 1 aromatic heterocycles. The van der Waals surface area contributed by atoms with Gasteiger partial charge in [-0.1, -0.05) is 0 Å². The summed E-state index contributed by atoms with van der Waals surface area (Å²) in [5, 5.41) is 6.27. The quantitative estimate of drug-likeness (QED) is 0.715. The van der Waals surface area contributed by atoms with Gasteiger partial charge in [-0.15, -0.1) is 12.4 Å². The fourth-order valence-corrected chi connectivity index (χ4v) is 3.17. The van der Waals surface area contributed by atoms with E-state index in [4.69, 9.17) is 0 Å². The molecule has 0 radical (unpaired) electrons. The van der Waals surface area contributed by atoms with Gasteiger partial charge in [0.2, 0.25) is 11.9 Å². The molecular formula is C16H27ClN6O. The molecule has 1 amide bonds. The van der Waals surface area contributed by atoms with Gasteiger partial charge in [0.25, 0.3) is 0 Å². The number of carbonyl (C=O) groups excluding carboxylic acids is 1. The van der Waals surface area contributed by atoms with Crippen molar-refractivity contribution in [2.24, 2.45) is 0 Å². The van der Waals surface area contributed by atoms with Crippen LogP contribution >= 0.6 is 12.4 Å². The molecule has 134 valence electrons. The first-order chi connectivity index (χ1) is 11.3. The lowest BCUT2D eigenvalue weighted by molar-refractivity contribution is -0.122. The summed E-state index contributed by atoms with van der Waals surface area (Å²) >= 11 is 0. The number of carbonyl (C=O) groups is 1.